The fraction of sp³-hybridized carbons (Fsp3) is 0.579. The maximum atomic E-state index is 12.4. The molecular weight excluding hydrogens is 596 g/mol. The first-order valence-electron chi connectivity index (χ1n) is 16.7. The minimum Gasteiger partial charge on any atom is -0.372 e. The number of carbonyl (C=O) groups is 2. The Morgan fingerprint density at radius 2 is 1.55 bits per heavy atom. The van der Waals surface area contributed by atoms with Gasteiger partial charge in [0.05, 0.1) is 6.67 Å². The van der Waals surface area contributed by atoms with Crippen molar-refractivity contribution >= 4 is 24.7 Å². The summed E-state index contributed by atoms with van der Waals surface area (Å²) in [5.74, 6) is 1.08. The number of ketones is 1. The average Bonchev–Trinajstić information content (AvgIpc) is 3.79. The Bertz CT molecular complexity index is 1200. The highest BCUT2D eigenvalue weighted by molar-refractivity contribution is 5.92. The van der Waals surface area contributed by atoms with Gasteiger partial charge in [0.25, 0.3) is 0 Å². The molecule has 7 nitrogen and oxygen atoms in total. The summed E-state index contributed by atoms with van der Waals surface area (Å²) in [4.78, 5) is 23.4. The third kappa shape index (κ3) is 22.7. The molecule has 2 atom stereocenters. The first-order valence-corrected chi connectivity index (χ1v) is 16.7. The zero-order valence-corrected chi connectivity index (χ0v) is 30.4. The van der Waals surface area contributed by atoms with Crippen LogP contribution in [0.15, 0.2) is 52.6 Å². The second-order valence-electron chi connectivity index (χ2n) is 14.2. The maximum Gasteiger partial charge on any atom is 0.204 e. The van der Waals surface area contributed by atoms with Crippen molar-refractivity contribution in [3.05, 3.63) is 70.8 Å². The van der Waals surface area contributed by atoms with Gasteiger partial charge in [-0.2, -0.15) is 5.10 Å². The van der Waals surface area contributed by atoms with E-state index in [1.54, 1.807) is 6.92 Å². The fourth-order valence-electron chi connectivity index (χ4n) is 4.87. The number of aliphatic imine (C=N–C) groups is 1. The van der Waals surface area contributed by atoms with E-state index in [1.165, 1.54) is 42.5 Å². The Hall–Kier alpha value is -3.46. The van der Waals surface area contributed by atoms with Gasteiger partial charge in [0.1, 0.15) is 23.3 Å². The summed E-state index contributed by atoms with van der Waals surface area (Å²) in [6.07, 6.45) is 8.37. The smallest absolute Gasteiger partial charge is 0.204 e. The van der Waals surface area contributed by atoms with Crippen molar-refractivity contribution in [1.82, 2.24) is 10.7 Å². The van der Waals surface area contributed by atoms with Gasteiger partial charge >= 0.3 is 0 Å². The lowest BCUT2D eigenvalue weighted by Crippen LogP contribution is -2.23. The number of nitrogens with zero attached hydrogens (tertiary/aromatic N) is 2. The van der Waals surface area contributed by atoms with Crippen LogP contribution >= 0.6 is 0 Å². The van der Waals surface area contributed by atoms with E-state index >= 15 is 0 Å². The molecule has 47 heavy (non-hydrogen) atoms. The molecule has 1 aliphatic heterocycles. The van der Waals surface area contributed by atoms with Crippen LogP contribution in [0.2, 0.25) is 0 Å². The quantitative estimate of drug-likeness (QED) is 0.139. The first kappa shape index (κ1) is 43.5. The molecule has 0 spiro atoms. The molecule has 2 unspecified atom stereocenters. The van der Waals surface area contributed by atoms with E-state index < -0.39 is 11.6 Å². The van der Waals surface area contributed by atoms with Crippen LogP contribution in [0.5, 0.6) is 0 Å². The van der Waals surface area contributed by atoms with E-state index in [0.29, 0.717) is 47.2 Å². The normalized spacial score (nSPS) is 13.0. The lowest BCUT2D eigenvalue weighted by Gasteiger charge is -2.30. The number of halogens is 2. The molecule has 4 N–H and O–H groups in total. The first-order chi connectivity index (χ1) is 22.0. The number of hydrazone groups is 1. The predicted molar refractivity (Wildman–Crippen MR) is 193 cm³/mol. The molecule has 9 heteroatoms. The number of primary amides is 1. The van der Waals surface area contributed by atoms with Gasteiger partial charge in [-0.25, -0.2) is 8.78 Å². The van der Waals surface area contributed by atoms with E-state index in [2.05, 4.69) is 106 Å². The third-order valence-corrected chi connectivity index (χ3v) is 7.69. The van der Waals surface area contributed by atoms with Crippen molar-refractivity contribution in [2.45, 2.75) is 120 Å². The molecule has 0 aliphatic carbocycles. The van der Waals surface area contributed by atoms with E-state index in [1.807, 2.05) is 6.92 Å². The summed E-state index contributed by atoms with van der Waals surface area (Å²) >= 11 is 0. The Morgan fingerprint density at radius 1 is 1.00 bits per heavy atom. The minimum absolute atomic E-state index is 0.250. The average molecular weight is 658 g/mol. The van der Waals surface area contributed by atoms with Gasteiger partial charge in [0.2, 0.25) is 6.41 Å². The highest BCUT2D eigenvalue weighted by Gasteiger charge is 2.23. The van der Waals surface area contributed by atoms with Crippen LogP contribution in [-0.2, 0) is 22.4 Å². The molecule has 0 fully saturated rings. The predicted octanol–water partition coefficient (Wildman–Crippen LogP) is 8.71. The van der Waals surface area contributed by atoms with E-state index in [-0.39, 0.29) is 6.41 Å². The summed E-state index contributed by atoms with van der Waals surface area (Å²) in [5.41, 5.74) is 11.1. The topological polar surface area (TPSA) is 119 Å². The number of aryl methyl sites for hydroxylation is 1. The molecule has 0 saturated heterocycles. The number of carbonyl (C=O) groups excluding carboxylic acids is 2. The molecule has 2 aromatic rings. The zero-order valence-electron chi connectivity index (χ0n) is 30.4. The molecule has 1 aliphatic rings. The van der Waals surface area contributed by atoms with E-state index in [0.717, 1.165) is 37.6 Å². The lowest BCUT2D eigenvalue weighted by molar-refractivity contribution is -0.117. The van der Waals surface area contributed by atoms with E-state index in [4.69, 9.17) is 4.79 Å². The van der Waals surface area contributed by atoms with Crippen LogP contribution < -0.4 is 16.5 Å². The fourth-order valence-corrected chi connectivity index (χ4v) is 4.87. The number of benzene rings is 2. The van der Waals surface area contributed by atoms with Crippen molar-refractivity contribution in [2.75, 3.05) is 6.67 Å². The largest absolute Gasteiger partial charge is 0.372 e. The second kappa shape index (κ2) is 23.0. The molecule has 0 aromatic heterocycles. The Balaban J connectivity index is 0.000000697. The van der Waals surface area contributed by atoms with Gasteiger partial charge in [0, 0.05) is 24.9 Å². The monoisotopic (exact) mass is 657 g/mol. The SMILES string of the molecule is C=NCNC(CCC(C)(C)C)c1ccc(CC2=NN2)cc1.CCCC(CCC(C)=O)C(C)(C)C.CCc1cc(F)cc(F)c1.NC=O. The number of rotatable bonds is 14. The van der Waals surface area contributed by atoms with Crippen LogP contribution in [0.25, 0.3) is 0 Å². The summed E-state index contributed by atoms with van der Waals surface area (Å²) in [6.45, 7) is 23.6. The number of hydrogen-bond acceptors (Lipinski definition) is 6. The van der Waals surface area contributed by atoms with Gasteiger partial charge in [-0.15, -0.1) is 0 Å². The van der Waals surface area contributed by atoms with Gasteiger partial charge in [0.15, 0.2) is 0 Å². The molecule has 3 rings (SSSR count). The van der Waals surface area contributed by atoms with Gasteiger partial charge in [-0.3, -0.25) is 20.5 Å². The van der Waals surface area contributed by atoms with Gasteiger partial charge in [-0.05, 0) is 84.9 Å². The Labute approximate surface area is 283 Å². The van der Waals surface area contributed by atoms with Crippen LogP contribution in [0.1, 0.15) is 124 Å². The van der Waals surface area contributed by atoms with Crippen molar-refractivity contribution in [2.24, 2.45) is 32.6 Å². The summed E-state index contributed by atoms with van der Waals surface area (Å²) < 4.78 is 24.8. The van der Waals surface area contributed by atoms with Crippen LogP contribution in [0.4, 0.5) is 8.78 Å². The summed E-state index contributed by atoms with van der Waals surface area (Å²) in [6, 6.07) is 12.7. The highest BCUT2D eigenvalue weighted by atomic mass is 19.1. The van der Waals surface area contributed by atoms with Crippen molar-refractivity contribution in [1.29, 1.82) is 0 Å². The number of amides is 1. The summed E-state index contributed by atoms with van der Waals surface area (Å²) in [5, 5.41) is 7.45. The highest BCUT2D eigenvalue weighted by Crippen LogP contribution is 2.33. The van der Waals surface area contributed by atoms with Crippen LogP contribution in [-0.4, -0.2) is 31.4 Å². The Kier molecular flexibility index (Phi) is 21.3. The molecular formula is C38H61F2N5O2. The number of hydrogen-bond donors (Lipinski definition) is 3. The van der Waals surface area contributed by atoms with Crippen molar-refractivity contribution in [3.8, 4) is 0 Å². The molecule has 0 saturated carbocycles. The lowest BCUT2D eigenvalue weighted by atomic mass is 9.75. The molecule has 264 valence electrons. The van der Waals surface area contributed by atoms with Gasteiger partial charge < -0.3 is 10.5 Å². The Morgan fingerprint density at radius 3 is 1.96 bits per heavy atom. The molecule has 1 heterocycles. The second-order valence-corrected chi connectivity index (χ2v) is 14.2. The maximum absolute atomic E-state index is 12.4. The molecule has 2 aromatic carbocycles. The summed E-state index contributed by atoms with van der Waals surface area (Å²) in [7, 11) is 0. The molecule has 1 amide bonds. The van der Waals surface area contributed by atoms with Crippen LogP contribution in [0.3, 0.4) is 0 Å². The van der Waals surface area contributed by atoms with Crippen molar-refractivity contribution < 1.29 is 18.4 Å². The van der Waals surface area contributed by atoms with E-state index in [9.17, 15) is 13.6 Å². The molecule has 0 bridgehead atoms. The number of nitrogens with one attached hydrogen (secondary N) is 2. The van der Waals surface area contributed by atoms with Crippen molar-refractivity contribution in [3.63, 3.8) is 0 Å². The van der Waals surface area contributed by atoms with Gasteiger partial charge in [-0.1, -0.05) is 92.5 Å². The van der Waals surface area contributed by atoms with Crippen LogP contribution in [0, 0.1) is 28.4 Å². The number of amidine groups is 1. The number of Topliss-reactive ketones (excluding diaryl/α,β-unsaturated/α-hetero) is 1. The standard InChI is InChI=1S/C17H26N4.C12H24O.C8H8F2.CH3NO/c1-17(2,3)10-9-15(19-12-18-4)14-7-5-13(6-8-14)11-16-20-21-16;1-6-7-11(12(3,4)5)9-8-10(2)13;1-2-6-3-7(9)5-8(10)4-6;2-1-3/h5-8,15,19H,4,9-12H2,1-3H3,(H,20,21);11H,6-9H2,1-5H3;3-5H,2H2,1H3;1H,(H2,2,3). The zero-order chi connectivity index (χ0) is 36.0. The third-order valence-electron chi connectivity index (χ3n) is 7.69. The number of nitrogens with two attached hydrogens (primary N) is 1. The molecule has 0 radical (unpaired) electrons. The minimum atomic E-state index is -0.503.